The van der Waals surface area contributed by atoms with E-state index in [1.807, 2.05) is 19.9 Å². The molecular formula is C20H22N2O4. The summed E-state index contributed by atoms with van der Waals surface area (Å²) in [5.74, 6) is 0.0211. The third-order valence-electron chi connectivity index (χ3n) is 4.15. The van der Waals surface area contributed by atoms with Crippen LogP contribution in [0.1, 0.15) is 40.9 Å². The number of aromatic nitrogens is 1. The van der Waals surface area contributed by atoms with Gasteiger partial charge in [-0.3, -0.25) is 14.2 Å². The van der Waals surface area contributed by atoms with Gasteiger partial charge in [0.2, 0.25) is 5.88 Å². The Morgan fingerprint density at radius 2 is 1.92 bits per heavy atom. The third kappa shape index (κ3) is 3.77. The topological polar surface area (TPSA) is 92.3 Å². The number of carbonyl (C=O) groups excluding carboxylic acids is 1. The van der Waals surface area contributed by atoms with Crippen LogP contribution in [0.4, 0.5) is 0 Å². The van der Waals surface area contributed by atoms with E-state index >= 15 is 0 Å². The number of nitrogens with zero attached hydrogens (tertiary/aromatic N) is 2. The number of aromatic hydroxyl groups is 1. The van der Waals surface area contributed by atoms with Crippen LogP contribution in [0.3, 0.4) is 0 Å². The fourth-order valence-corrected chi connectivity index (χ4v) is 2.84. The fourth-order valence-electron chi connectivity index (χ4n) is 2.84. The molecule has 0 unspecified atom stereocenters. The normalized spacial score (nSPS) is 10.6. The highest BCUT2D eigenvalue weighted by molar-refractivity contribution is 6.01. The number of rotatable bonds is 6. The first-order chi connectivity index (χ1) is 12.3. The lowest BCUT2D eigenvalue weighted by Gasteiger charge is -2.17. The molecule has 0 fully saturated rings. The molecule has 0 saturated heterocycles. The van der Waals surface area contributed by atoms with Crippen molar-refractivity contribution in [3.63, 3.8) is 0 Å². The van der Waals surface area contributed by atoms with Crippen molar-refractivity contribution in [2.45, 2.75) is 33.7 Å². The molecule has 0 spiro atoms. The lowest BCUT2D eigenvalue weighted by molar-refractivity contribution is 0.0987. The van der Waals surface area contributed by atoms with Crippen molar-refractivity contribution < 1.29 is 14.6 Å². The van der Waals surface area contributed by atoms with Gasteiger partial charge in [-0.25, -0.2) is 0 Å². The van der Waals surface area contributed by atoms with E-state index in [1.165, 1.54) is 6.92 Å². The minimum atomic E-state index is -0.572. The van der Waals surface area contributed by atoms with Crippen molar-refractivity contribution in [2.75, 3.05) is 7.11 Å². The maximum atomic E-state index is 12.8. The Morgan fingerprint density at radius 3 is 2.42 bits per heavy atom. The van der Waals surface area contributed by atoms with Gasteiger partial charge in [0.15, 0.2) is 5.78 Å². The molecule has 1 heterocycles. The van der Waals surface area contributed by atoms with Crippen LogP contribution in [0, 0.1) is 24.2 Å². The van der Waals surface area contributed by atoms with Crippen LogP contribution < -0.4 is 10.3 Å². The summed E-state index contributed by atoms with van der Waals surface area (Å²) in [5, 5.41) is 19.9. The van der Waals surface area contributed by atoms with E-state index in [0.717, 1.165) is 10.1 Å². The average Bonchev–Trinajstić information content (AvgIpc) is 2.59. The van der Waals surface area contributed by atoms with Crippen LogP contribution in [-0.2, 0) is 13.0 Å². The van der Waals surface area contributed by atoms with E-state index in [2.05, 4.69) is 0 Å². The molecular weight excluding hydrogens is 332 g/mol. The molecule has 1 aromatic heterocycles. The zero-order valence-electron chi connectivity index (χ0n) is 15.4. The second-order valence-electron chi connectivity index (χ2n) is 6.57. The lowest BCUT2D eigenvalue weighted by atomic mass is 9.97. The van der Waals surface area contributed by atoms with Gasteiger partial charge in [-0.15, -0.1) is 0 Å². The van der Waals surface area contributed by atoms with Crippen LogP contribution in [0.25, 0.3) is 0 Å². The highest BCUT2D eigenvalue weighted by atomic mass is 16.5. The molecule has 6 nitrogen and oxygen atoms in total. The highest BCUT2D eigenvalue weighted by Gasteiger charge is 2.24. The molecule has 0 bridgehead atoms. The number of hydrogen-bond donors (Lipinski definition) is 1. The number of ether oxygens (including phenoxy) is 1. The summed E-state index contributed by atoms with van der Waals surface area (Å²) in [6.07, 6.45) is 0.0448. The summed E-state index contributed by atoms with van der Waals surface area (Å²) in [5.41, 5.74) is 0.305. The van der Waals surface area contributed by atoms with Gasteiger partial charge in [-0.1, -0.05) is 26.0 Å². The molecule has 6 heteroatoms. The zero-order chi connectivity index (χ0) is 19.4. The third-order valence-corrected chi connectivity index (χ3v) is 4.15. The molecule has 0 amide bonds. The number of ketones is 1. The Bertz CT molecular complexity index is 919. The quantitative estimate of drug-likeness (QED) is 0.805. The van der Waals surface area contributed by atoms with Crippen LogP contribution >= 0.6 is 0 Å². The van der Waals surface area contributed by atoms with Gasteiger partial charge in [0.25, 0.3) is 5.56 Å². The van der Waals surface area contributed by atoms with Crippen molar-refractivity contribution in [3.8, 4) is 17.7 Å². The first kappa shape index (κ1) is 19.3. The van der Waals surface area contributed by atoms with Crippen LogP contribution in [0.5, 0.6) is 11.6 Å². The van der Waals surface area contributed by atoms with E-state index in [-0.39, 0.29) is 47.2 Å². The summed E-state index contributed by atoms with van der Waals surface area (Å²) in [6.45, 7) is 5.51. The second-order valence-corrected chi connectivity index (χ2v) is 6.57. The summed E-state index contributed by atoms with van der Waals surface area (Å²) >= 11 is 0. The summed E-state index contributed by atoms with van der Waals surface area (Å²) in [6, 6.07) is 8.88. The van der Waals surface area contributed by atoms with Crippen molar-refractivity contribution in [1.29, 1.82) is 5.26 Å². The molecule has 0 aliphatic carbocycles. The average molecular weight is 354 g/mol. The SMILES string of the molecule is COc1ccc(CC(=O)c2c(C)c(C#N)c(=O)n(CC(C)C)c2O)cc1. The summed E-state index contributed by atoms with van der Waals surface area (Å²) in [7, 11) is 1.56. The van der Waals surface area contributed by atoms with Gasteiger partial charge in [-0.2, -0.15) is 5.26 Å². The van der Waals surface area contributed by atoms with Gasteiger partial charge in [-0.05, 0) is 36.1 Å². The van der Waals surface area contributed by atoms with Gasteiger partial charge in [0.1, 0.15) is 17.4 Å². The highest BCUT2D eigenvalue weighted by Crippen LogP contribution is 2.24. The molecule has 2 aromatic rings. The molecule has 0 saturated carbocycles. The van der Waals surface area contributed by atoms with Crippen molar-refractivity contribution >= 4 is 5.78 Å². The molecule has 2 rings (SSSR count). The standard InChI is InChI=1S/C20H22N2O4/c1-12(2)11-22-19(24)16(10-21)13(3)18(20(22)25)17(23)9-14-5-7-15(26-4)8-6-14/h5-8,12,25H,9,11H2,1-4H3. The molecule has 0 aliphatic rings. The van der Waals surface area contributed by atoms with Gasteiger partial charge >= 0.3 is 0 Å². The summed E-state index contributed by atoms with van der Waals surface area (Å²) in [4.78, 5) is 25.2. The van der Waals surface area contributed by atoms with E-state index in [9.17, 15) is 20.0 Å². The minimum Gasteiger partial charge on any atom is -0.497 e. The van der Waals surface area contributed by atoms with Crippen LogP contribution in [0.2, 0.25) is 0 Å². The van der Waals surface area contributed by atoms with E-state index in [0.29, 0.717) is 5.75 Å². The number of Topliss-reactive ketones (excluding diaryl/α,β-unsaturated/α-hetero) is 1. The number of methoxy groups -OCH3 is 1. The first-order valence-corrected chi connectivity index (χ1v) is 8.32. The van der Waals surface area contributed by atoms with E-state index < -0.39 is 5.56 Å². The lowest BCUT2D eigenvalue weighted by Crippen LogP contribution is -2.28. The monoisotopic (exact) mass is 354 g/mol. The molecule has 0 aliphatic heterocycles. The molecule has 1 N–H and O–H groups in total. The van der Waals surface area contributed by atoms with Gasteiger partial charge in [0.05, 0.1) is 12.7 Å². The summed E-state index contributed by atoms with van der Waals surface area (Å²) < 4.78 is 6.20. The van der Waals surface area contributed by atoms with Crippen LogP contribution in [-0.4, -0.2) is 22.6 Å². The smallest absolute Gasteiger partial charge is 0.271 e. The maximum absolute atomic E-state index is 12.8. The molecule has 0 radical (unpaired) electrons. The number of nitriles is 1. The molecule has 26 heavy (non-hydrogen) atoms. The number of benzene rings is 1. The van der Waals surface area contributed by atoms with Gasteiger partial charge < -0.3 is 9.84 Å². The molecule has 0 atom stereocenters. The number of carbonyl (C=O) groups is 1. The predicted molar refractivity (Wildman–Crippen MR) is 97.7 cm³/mol. The minimum absolute atomic E-state index is 0.0256. The van der Waals surface area contributed by atoms with E-state index in [4.69, 9.17) is 4.74 Å². The Labute approximate surface area is 152 Å². The maximum Gasteiger partial charge on any atom is 0.271 e. The zero-order valence-corrected chi connectivity index (χ0v) is 15.4. The first-order valence-electron chi connectivity index (χ1n) is 8.32. The Kier molecular flexibility index (Phi) is 5.83. The largest absolute Gasteiger partial charge is 0.497 e. The Balaban J connectivity index is 2.51. The second kappa shape index (κ2) is 7.87. The van der Waals surface area contributed by atoms with Crippen molar-refractivity contribution in [2.24, 2.45) is 5.92 Å². The van der Waals surface area contributed by atoms with Crippen molar-refractivity contribution in [3.05, 3.63) is 56.9 Å². The van der Waals surface area contributed by atoms with E-state index in [1.54, 1.807) is 31.4 Å². The van der Waals surface area contributed by atoms with Gasteiger partial charge in [0, 0.05) is 13.0 Å². The fraction of sp³-hybridized carbons (Fsp3) is 0.350. The molecule has 1 aromatic carbocycles. The van der Waals surface area contributed by atoms with Crippen molar-refractivity contribution in [1.82, 2.24) is 4.57 Å². The number of pyridine rings is 1. The Hall–Kier alpha value is -3.07. The molecule has 136 valence electrons. The van der Waals surface area contributed by atoms with Crippen LogP contribution in [0.15, 0.2) is 29.1 Å². The predicted octanol–water partition coefficient (Wildman–Crippen LogP) is 2.82. The number of hydrogen-bond acceptors (Lipinski definition) is 5. The Morgan fingerprint density at radius 1 is 1.31 bits per heavy atom.